The first-order valence-corrected chi connectivity index (χ1v) is 7.41. The van der Waals surface area contributed by atoms with Crippen molar-refractivity contribution in [1.82, 2.24) is 4.57 Å². The van der Waals surface area contributed by atoms with Gasteiger partial charge in [-0.05, 0) is 25.5 Å². The van der Waals surface area contributed by atoms with Crippen LogP contribution in [0, 0.1) is 18.3 Å². The van der Waals surface area contributed by atoms with Crippen LogP contribution in [0.25, 0.3) is 0 Å². The van der Waals surface area contributed by atoms with Crippen molar-refractivity contribution < 1.29 is 5.11 Å². The van der Waals surface area contributed by atoms with Gasteiger partial charge in [0, 0.05) is 12.1 Å². The van der Waals surface area contributed by atoms with Crippen LogP contribution in [0.15, 0.2) is 39.3 Å². The quantitative estimate of drug-likeness (QED) is 0.851. The van der Waals surface area contributed by atoms with Crippen LogP contribution in [-0.2, 0) is 6.54 Å². The number of halogens is 1. The van der Waals surface area contributed by atoms with Gasteiger partial charge in [0.1, 0.15) is 17.3 Å². The standard InChI is InChI=1S/C16H15ClN4O2/c1-3-8-21-15(22)11(9-18)10(2)14(16(21)23)20-19-13-7-5-4-6-12(13)17/h4-7,22H,3,8H2,1-2H3. The molecule has 1 aromatic carbocycles. The Bertz CT molecular complexity index is 866. The van der Waals surface area contributed by atoms with Crippen molar-refractivity contribution in [1.29, 1.82) is 5.26 Å². The summed E-state index contributed by atoms with van der Waals surface area (Å²) >= 11 is 6.01. The Balaban J connectivity index is 2.63. The molecule has 0 atom stereocenters. The highest BCUT2D eigenvalue weighted by molar-refractivity contribution is 6.32. The zero-order valence-corrected chi connectivity index (χ0v) is 13.5. The normalized spacial score (nSPS) is 10.9. The topological polar surface area (TPSA) is 90.7 Å². The zero-order chi connectivity index (χ0) is 17.0. The number of azo groups is 1. The second kappa shape index (κ2) is 7.07. The predicted octanol–water partition coefficient (Wildman–Crippen LogP) is 4.21. The van der Waals surface area contributed by atoms with Crippen molar-refractivity contribution in [2.24, 2.45) is 10.2 Å². The van der Waals surface area contributed by atoms with Crippen LogP contribution in [0.4, 0.5) is 11.4 Å². The van der Waals surface area contributed by atoms with Crippen LogP contribution in [0.1, 0.15) is 24.5 Å². The van der Waals surface area contributed by atoms with E-state index in [2.05, 4.69) is 10.2 Å². The first kappa shape index (κ1) is 16.7. The Hall–Kier alpha value is -2.65. The number of aromatic nitrogens is 1. The molecule has 0 aliphatic rings. The maximum Gasteiger partial charge on any atom is 0.281 e. The maximum atomic E-state index is 12.5. The smallest absolute Gasteiger partial charge is 0.281 e. The summed E-state index contributed by atoms with van der Waals surface area (Å²) in [4.78, 5) is 12.5. The Morgan fingerprint density at radius 2 is 2.04 bits per heavy atom. The van der Waals surface area contributed by atoms with Crippen LogP contribution >= 0.6 is 11.6 Å². The molecule has 1 aromatic heterocycles. The van der Waals surface area contributed by atoms with Crippen LogP contribution in [0.5, 0.6) is 5.88 Å². The molecule has 7 heteroatoms. The molecule has 0 unspecified atom stereocenters. The second-order valence-electron chi connectivity index (χ2n) is 4.89. The minimum Gasteiger partial charge on any atom is -0.493 e. The molecule has 1 heterocycles. The fraction of sp³-hybridized carbons (Fsp3) is 0.250. The van der Waals surface area contributed by atoms with E-state index in [1.54, 1.807) is 31.2 Å². The molecular weight excluding hydrogens is 316 g/mol. The summed E-state index contributed by atoms with van der Waals surface area (Å²) in [5.74, 6) is -0.339. The highest BCUT2D eigenvalue weighted by Gasteiger charge is 2.18. The molecule has 0 radical (unpaired) electrons. The largest absolute Gasteiger partial charge is 0.493 e. The first-order valence-electron chi connectivity index (χ1n) is 7.04. The Kier molecular flexibility index (Phi) is 5.14. The summed E-state index contributed by atoms with van der Waals surface area (Å²) in [5, 5.41) is 27.7. The molecule has 6 nitrogen and oxygen atoms in total. The van der Waals surface area contributed by atoms with Gasteiger partial charge in [-0.3, -0.25) is 9.36 Å². The van der Waals surface area contributed by atoms with Crippen molar-refractivity contribution >= 4 is 23.0 Å². The number of aromatic hydroxyl groups is 1. The van der Waals surface area contributed by atoms with E-state index in [0.29, 0.717) is 17.1 Å². The van der Waals surface area contributed by atoms with Gasteiger partial charge in [0.2, 0.25) is 5.88 Å². The highest BCUT2D eigenvalue weighted by Crippen LogP contribution is 2.29. The van der Waals surface area contributed by atoms with E-state index in [-0.39, 0.29) is 29.2 Å². The molecule has 0 spiro atoms. The van der Waals surface area contributed by atoms with Gasteiger partial charge in [0.15, 0.2) is 5.69 Å². The minimum atomic E-state index is -0.489. The van der Waals surface area contributed by atoms with E-state index in [4.69, 9.17) is 11.6 Å². The van der Waals surface area contributed by atoms with E-state index >= 15 is 0 Å². The fourth-order valence-electron chi connectivity index (χ4n) is 2.12. The lowest BCUT2D eigenvalue weighted by atomic mass is 10.1. The van der Waals surface area contributed by atoms with Gasteiger partial charge in [0.25, 0.3) is 5.56 Å². The van der Waals surface area contributed by atoms with Crippen molar-refractivity contribution in [3.63, 3.8) is 0 Å². The zero-order valence-electron chi connectivity index (χ0n) is 12.7. The van der Waals surface area contributed by atoms with E-state index < -0.39 is 5.56 Å². The van der Waals surface area contributed by atoms with Crippen molar-refractivity contribution in [2.75, 3.05) is 0 Å². The molecule has 0 saturated heterocycles. The third-order valence-corrected chi connectivity index (χ3v) is 3.65. The van der Waals surface area contributed by atoms with Gasteiger partial charge in [-0.15, -0.1) is 10.2 Å². The average Bonchev–Trinajstić information content (AvgIpc) is 2.53. The Morgan fingerprint density at radius 1 is 1.35 bits per heavy atom. The first-order chi connectivity index (χ1) is 11.0. The predicted molar refractivity (Wildman–Crippen MR) is 87.7 cm³/mol. The van der Waals surface area contributed by atoms with E-state index in [9.17, 15) is 15.2 Å². The molecular formula is C16H15ClN4O2. The average molecular weight is 331 g/mol. The van der Waals surface area contributed by atoms with Gasteiger partial charge in [-0.25, -0.2) is 0 Å². The van der Waals surface area contributed by atoms with Crippen molar-refractivity contribution in [3.05, 3.63) is 50.8 Å². The van der Waals surface area contributed by atoms with E-state index in [1.807, 2.05) is 13.0 Å². The highest BCUT2D eigenvalue weighted by atomic mass is 35.5. The molecule has 1 N–H and O–H groups in total. The van der Waals surface area contributed by atoms with Crippen LogP contribution in [-0.4, -0.2) is 9.67 Å². The number of benzene rings is 1. The fourth-order valence-corrected chi connectivity index (χ4v) is 2.30. The van der Waals surface area contributed by atoms with Gasteiger partial charge in [-0.1, -0.05) is 30.7 Å². The van der Waals surface area contributed by atoms with Gasteiger partial charge in [-0.2, -0.15) is 5.26 Å². The molecule has 0 saturated carbocycles. The van der Waals surface area contributed by atoms with Gasteiger partial charge >= 0.3 is 0 Å². The summed E-state index contributed by atoms with van der Waals surface area (Å²) in [6.45, 7) is 3.70. The van der Waals surface area contributed by atoms with Crippen LogP contribution < -0.4 is 5.56 Å². The summed E-state index contributed by atoms with van der Waals surface area (Å²) < 4.78 is 1.13. The third-order valence-electron chi connectivity index (χ3n) is 3.33. The molecule has 118 valence electrons. The number of hydrogen-bond donors (Lipinski definition) is 1. The van der Waals surface area contributed by atoms with Crippen LogP contribution in [0.2, 0.25) is 5.02 Å². The number of nitrogens with zero attached hydrogens (tertiary/aromatic N) is 4. The number of pyridine rings is 1. The summed E-state index contributed by atoms with van der Waals surface area (Å²) in [5.41, 5.74) is 0.260. The second-order valence-corrected chi connectivity index (χ2v) is 5.30. The lowest BCUT2D eigenvalue weighted by Gasteiger charge is -2.11. The SMILES string of the molecule is CCCn1c(O)c(C#N)c(C)c(N=Nc2ccccc2Cl)c1=O. The molecule has 0 aliphatic carbocycles. The Labute approximate surface area is 138 Å². The molecule has 0 amide bonds. The molecule has 2 aromatic rings. The number of nitriles is 1. The molecule has 0 bridgehead atoms. The molecule has 0 aliphatic heterocycles. The minimum absolute atomic E-state index is 0.0196. The third kappa shape index (κ3) is 3.25. The monoisotopic (exact) mass is 330 g/mol. The maximum absolute atomic E-state index is 12.5. The summed E-state index contributed by atoms with van der Waals surface area (Å²) in [7, 11) is 0. The molecule has 2 rings (SSSR count). The summed E-state index contributed by atoms with van der Waals surface area (Å²) in [6.07, 6.45) is 0.627. The number of rotatable bonds is 4. The van der Waals surface area contributed by atoms with Gasteiger partial charge < -0.3 is 5.11 Å². The lowest BCUT2D eigenvalue weighted by molar-refractivity contribution is 0.402. The van der Waals surface area contributed by atoms with Crippen molar-refractivity contribution in [2.45, 2.75) is 26.8 Å². The van der Waals surface area contributed by atoms with Gasteiger partial charge in [0.05, 0.1) is 5.02 Å². The molecule has 23 heavy (non-hydrogen) atoms. The Morgan fingerprint density at radius 3 is 2.65 bits per heavy atom. The van der Waals surface area contributed by atoms with E-state index in [1.165, 1.54) is 0 Å². The van der Waals surface area contributed by atoms with Crippen LogP contribution in [0.3, 0.4) is 0 Å². The van der Waals surface area contributed by atoms with E-state index in [0.717, 1.165) is 4.57 Å². The lowest BCUT2D eigenvalue weighted by Crippen LogP contribution is -2.21. The molecule has 0 fully saturated rings. The number of hydrogen-bond acceptors (Lipinski definition) is 5. The van der Waals surface area contributed by atoms with Crippen molar-refractivity contribution in [3.8, 4) is 11.9 Å². The summed E-state index contributed by atoms with van der Waals surface area (Å²) in [6, 6.07) is 8.74.